The quantitative estimate of drug-likeness (QED) is 0.852. The molecule has 0 aliphatic rings. The van der Waals surface area contributed by atoms with Gasteiger partial charge in [0.1, 0.15) is 5.75 Å². The Kier molecular flexibility index (Phi) is 3.44. The molecule has 0 aliphatic heterocycles. The SMILES string of the molecule is O=CNc1c(Br)cccc1-c1ccccc1O. The third-order valence-electron chi connectivity index (χ3n) is 2.41. The monoisotopic (exact) mass is 291 g/mol. The van der Waals surface area contributed by atoms with E-state index in [1.807, 2.05) is 24.3 Å². The number of nitrogens with one attached hydrogen (secondary N) is 1. The van der Waals surface area contributed by atoms with Crippen LogP contribution in [0.3, 0.4) is 0 Å². The number of para-hydroxylation sites is 2. The number of halogens is 1. The Morgan fingerprint density at radius 2 is 1.76 bits per heavy atom. The minimum Gasteiger partial charge on any atom is -0.507 e. The van der Waals surface area contributed by atoms with E-state index in [0.29, 0.717) is 17.7 Å². The van der Waals surface area contributed by atoms with Crippen LogP contribution in [-0.4, -0.2) is 11.5 Å². The molecule has 0 aliphatic carbocycles. The van der Waals surface area contributed by atoms with Crippen LogP contribution in [0.25, 0.3) is 11.1 Å². The fourth-order valence-electron chi connectivity index (χ4n) is 1.66. The van der Waals surface area contributed by atoms with Gasteiger partial charge in [-0.1, -0.05) is 30.3 Å². The number of phenolic OH excluding ortho intramolecular Hbond substituents is 1. The van der Waals surface area contributed by atoms with Crippen molar-refractivity contribution < 1.29 is 9.90 Å². The Bertz CT molecular complexity index is 555. The maximum atomic E-state index is 10.6. The van der Waals surface area contributed by atoms with Crippen LogP contribution in [0.1, 0.15) is 0 Å². The summed E-state index contributed by atoms with van der Waals surface area (Å²) in [7, 11) is 0. The van der Waals surface area contributed by atoms with Crippen LogP contribution in [0.5, 0.6) is 5.75 Å². The summed E-state index contributed by atoms with van der Waals surface area (Å²) in [6.07, 6.45) is 0.615. The zero-order valence-electron chi connectivity index (χ0n) is 8.85. The molecule has 0 bridgehead atoms. The maximum absolute atomic E-state index is 10.6. The first-order valence-corrected chi connectivity index (χ1v) is 5.80. The number of carbonyl (C=O) groups excluding carboxylic acids is 1. The summed E-state index contributed by atoms with van der Waals surface area (Å²) in [4.78, 5) is 10.6. The lowest BCUT2D eigenvalue weighted by atomic mass is 10.0. The normalized spacial score (nSPS) is 9.94. The summed E-state index contributed by atoms with van der Waals surface area (Å²) in [6.45, 7) is 0. The molecule has 0 saturated carbocycles. The van der Waals surface area contributed by atoms with Gasteiger partial charge in [-0.2, -0.15) is 0 Å². The lowest BCUT2D eigenvalue weighted by Crippen LogP contribution is -1.97. The summed E-state index contributed by atoms with van der Waals surface area (Å²) in [6, 6.07) is 12.5. The standard InChI is InChI=1S/C13H10BrNO2/c14-11-6-3-5-10(13(11)15-8-16)9-4-1-2-7-12(9)17/h1-8,17H,(H,15,16). The first-order valence-electron chi connectivity index (χ1n) is 5.01. The summed E-state index contributed by atoms with van der Waals surface area (Å²) in [5.74, 6) is 0.180. The molecule has 1 amide bonds. The Hall–Kier alpha value is -1.81. The third kappa shape index (κ3) is 2.31. The highest BCUT2D eigenvalue weighted by atomic mass is 79.9. The maximum Gasteiger partial charge on any atom is 0.211 e. The van der Waals surface area contributed by atoms with Gasteiger partial charge in [-0.25, -0.2) is 0 Å². The van der Waals surface area contributed by atoms with E-state index < -0.39 is 0 Å². The van der Waals surface area contributed by atoms with Gasteiger partial charge < -0.3 is 10.4 Å². The fraction of sp³-hybridized carbons (Fsp3) is 0. The number of aromatic hydroxyl groups is 1. The van der Waals surface area contributed by atoms with Crippen LogP contribution in [0, 0.1) is 0 Å². The highest BCUT2D eigenvalue weighted by molar-refractivity contribution is 9.10. The summed E-state index contributed by atoms with van der Waals surface area (Å²) < 4.78 is 0.769. The van der Waals surface area contributed by atoms with E-state index in [9.17, 15) is 9.90 Å². The first-order chi connectivity index (χ1) is 8.24. The molecule has 0 spiro atoms. The lowest BCUT2D eigenvalue weighted by Gasteiger charge is -2.11. The Labute approximate surface area is 107 Å². The fourth-order valence-corrected chi connectivity index (χ4v) is 2.14. The molecule has 0 fully saturated rings. The van der Waals surface area contributed by atoms with E-state index in [2.05, 4.69) is 21.2 Å². The predicted molar refractivity (Wildman–Crippen MR) is 70.9 cm³/mol. The van der Waals surface area contributed by atoms with Crippen molar-refractivity contribution in [3.63, 3.8) is 0 Å². The number of rotatable bonds is 3. The molecule has 17 heavy (non-hydrogen) atoms. The van der Waals surface area contributed by atoms with Crippen LogP contribution in [0.2, 0.25) is 0 Å². The topological polar surface area (TPSA) is 49.3 Å². The van der Waals surface area contributed by atoms with Crippen molar-refractivity contribution in [2.45, 2.75) is 0 Å². The highest BCUT2D eigenvalue weighted by Crippen LogP contribution is 2.37. The number of hydrogen-bond acceptors (Lipinski definition) is 2. The number of anilines is 1. The average Bonchev–Trinajstić information content (AvgIpc) is 2.33. The number of hydrogen-bond donors (Lipinski definition) is 2. The largest absolute Gasteiger partial charge is 0.507 e. The van der Waals surface area contributed by atoms with Gasteiger partial charge in [-0.3, -0.25) is 4.79 Å². The minimum atomic E-state index is 0.180. The molecule has 0 saturated heterocycles. The number of amides is 1. The van der Waals surface area contributed by atoms with E-state index in [0.717, 1.165) is 10.0 Å². The van der Waals surface area contributed by atoms with Gasteiger partial charge in [-0.15, -0.1) is 0 Å². The zero-order chi connectivity index (χ0) is 12.3. The van der Waals surface area contributed by atoms with Crippen LogP contribution in [-0.2, 0) is 4.79 Å². The molecular formula is C13H10BrNO2. The third-order valence-corrected chi connectivity index (χ3v) is 3.07. The van der Waals surface area contributed by atoms with Crippen molar-refractivity contribution in [1.29, 1.82) is 0 Å². The van der Waals surface area contributed by atoms with E-state index >= 15 is 0 Å². The molecule has 2 aromatic rings. The summed E-state index contributed by atoms with van der Waals surface area (Å²) in [5.41, 5.74) is 2.09. The molecule has 0 aromatic heterocycles. The second kappa shape index (κ2) is 5.01. The van der Waals surface area contributed by atoms with Gasteiger partial charge in [-0.05, 0) is 28.1 Å². The Morgan fingerprint density at radius 3 is 2.47 bits per heavy atom. The molecule has 2 N–H and O–H groups in total. The lowest BCUT2D eigenvalue weighted by molar-refractivity contribution is -0.105. The number of benzene rings is 2. The number of phenols is 1. The molecule has 0 unspecified atom stereocenters. The molecule has 0 heterocycles. The molecule has 2 aromatic carbocycles. The zero-order valence-corrected chi connectivity index (χ0v) is 10.4. The van der Waals surface area contributed by atoms with Crippen molar-refractivity contribution in [2.75, 3.05) is 5.32 Å². The van der Waals surface area contributed by atoms with Gasteiger partial charge in [0, 0.05) is 15.6 Å². The first kappa shape index (κ1) is 11.7. The van der Waals surface area contributed by atoms with Crippen LogP contribution >= 0.6 is 15.9 Å². The van der Waals surface area contributed by atoms with Crippen molar-refractivity contribution in [1.82, 2.24) is 0 Å². The Morgan fingerprint density at radius 1 is 1.06 bits per heavy atom. The average molecular weight is 292 g/mol. The molecule has 3 nitrogen and oxygen atoms in total. The summed E-state index contributed by atoms with van der Waals surface area (Å²) >= 11 is 3.37. The number of carbonyl (C=O) groups is 1. The minimum absolute atomic E-state index is 0.180. The molecule has 2 rings (SSSR count). The van der Waals surface area contributed by atoms with Crippen molar-refractivity contribution in [3.8, 4) is 16.9 Å². The van der Waals surface area contributed by atoms with Crippen LogP contribution in [0.15, 0.2) is 46.9 Å². The van der Waals surface area contributed by atoms with Gasteiger partial charge in [0.25, 0.3) is 0 Å². The van der Waals surface area contributed by atoms with Gasteiger partial charge >= 0.3 is 0 Å². The molecule has 4 heteroatoms. The van der Waals surface area contributed by atoms with Crippen molar-refractivity contribution in [3.05, 3.63) is 46.9 Å². The van der Waals surface area contributed by atoms with Gasteiger partial charge in [0.15, 0.2) is 0 Å². The second-order valence-corrected chi connectivity index (χ2v) is 4.30. The molecular weight excluding hydrogens is 282 g/mol. The van der Waals surface area contributed by atoms with E-state index in [-0.39, 0.29) is 5.75 Å². The molecule has 0 radical (unpaired) electrons. The van der Waals surface area contributed by atoms with Gasteiger partial charge in [0.2, 0.25) is 6.41 Å². The summed E-state index contributed by atoms with van der Waals surface area (Å²) in [5, 5.41) is 12.4. The van der Waals surface area contributed by atoms with E-state index in [1.54, 1.807) is 18.2 Å². The second-order valence-electron chi connectivity index (χ2n) is 3.44. The van der Waals surface area contributed by atoms with Crippen LogP contribution in [0.4, 0.5) is 5.69 Å². The van der Waals surface area contributed by atoms with E-state index in [4.69, 9.17) is 0 Å². The Balaban J connectivity index is 2.63. The van der Waals surface area contributed by atoms with E-state index in [1.165, 1.54) is 0 Å². The molecule has 0 atom stereocenters. The van der Waals surface area contributed by atoms with Crippen molar-refractivity contribution >= 4 is 28.0 Å². The van der Waals surface area contributed by atoms with Crippen LogP contribution < -0.4 is 5.32 Å². The predicted octanol–water partition coefficient (Wildman–Crippen LogP) is 3.39. The van der Waals surface area contributed by atoms with Crippen molar-refractivity contribution in [2.24, 2.45) is 0 Å². The molecule has 86 valence electrons. The highest BCUT2D eigenvalue weighted by Gasteiger charge is 2.10. The van der Waals surface area contributed by atoms with Gasteiger partial charge in [0.05, 0.1) is 5.69 Å². The smallest absolute Gasteiger partial charge is 0.211 e.